The molecule has 0 bridgehead atoms. The lowest BCUT2D eigenvalue weighted by Crippen LogP contribution is -2.54. The second-order valence-corrected chi connectivity index (χ2v) is 13.4. The van der Waals surface area contributed by atoms with E-state index in [9.17, 15) is 9.59 Å². The van der Waals surface area contributed by atoms with Crippen LogP contribution in [-0.4, -0.2) is 17.9 Å². The van der Waals surface area contributed by atoms with Crippen LogP contribution in [0, 0.1) is 39.4 Å². The molecule has 33 heavy (non-hydrogen) atoms. The van der Waals surface area contributed by atoms with Gasteiger partial charge in [0.25, 0.3) is 0 Å². The molecule has 3 nitrogen and oxygen atoms in total. The Morgan fingerprint density at radius 1 is 0.939 bits per heavy atom. The maximum absolute atomic E-state index is 12.8. The number of Topliss-reactive ketones (excluding diaryl/α,β-unsaturated/α-hetero) is 1. The van der Waals surface area contributed by atoms with Gasteiger partial charge in [0.1, 0.15) is 11.9 Å². The van der Waals surface area contributed by atoms with Crippen molar-refractivity contribution in [3.05, 3.63) is 22.8 Å². The van der Waals surface area contributed by atoms with E-state index in [1.165, 1.54) is 32.1 Å². The minimum atomic E-state index is -0.198. The molecule has 3 heteroatoms. The van der Waals surface area contributed by atoms with Gasteiger partial charge in [0.05, 0.1) is 0 Å². The molecule has 2 fully saturated rings. The standard InChI is InChI=1S/C30H44O3/c1-18-8-10-23(33-26(18)32)19(2)20-12-16-30(7)22-9-11-24-27(3,4)25(31)14-15-28(24,5)21(22)13-17-29(20,30)6/h8,19-20,23-24H,9-17H2,1-7H3/t19-,20+,23-,24-,28+,29+,30-/m0/s1. The zero-order chi connectivity index (χ0) is 24.0. The van der Waals surface area contributed by atoms with E-state index in [2.05, 4.69) is 47.6 Å². The van der Waals surface area contributed by atoms with E-state index >= 15 is 0 Å². The summed E-state index contributed by atoms with van der Waals surface area (Å²) in [6.45, 7) is 16.2. The molecule has 0 unspecified atom stereocenters. The van der Waals surface area contributed by atoms with Gasteiger partial charge < -0.3 is 4.74 Å². The predicted octanol–water partition coefficient (Wildman–Crippen LogP) is 7.20. The molecule has 1 heterocycles. The molecule has 0 saturated heterocycles. The van der Waals surface area contributed by atoms with Crippen molar-refractivity contribution < 1.29 is 14.3 Å². The number of esters is 1. The van der Waals surface area contributed by atoms with E-state index in [1.807, 2.05) is 6.92 Å². The quantitative estimate of drug-likeness (QED) is 0.328. The fourth-order valence-electron chi connectivity index (χ4n) is 9.61. The van der Waals surface area contributed by atoms with Crippen molar-refractivity contribution in [1.29, 1.82) is 0 Å². The molecule has 0 aromatic rings. The molecule has 0 N–H and O–H groups in total. The number of rotatable bonds is 2. The molecule has 2 saturated carbocycles. The van der Waals surface area contributed by atoms with Crippen molar-refractivity contribution in [3.63, 3.8) is 0 Å². The Morgan fingerprint density at radius 2 is 1.67 bits per heavy atom. The SMILES string of the molecule is CC1=CC[C@@H]([C@@H](C)[C@H]2CC[C@@]3(C)C4=C(CC[C@]23C)[C@@]2(C)CCC(=O)C(C)(C)[C@@H]2CC4)OC1=O. The highest BCUT2D eigenvalue weighted by Crippen LogP contribution is 2.72. The number of ether oxygens (including phenoxy) is 1. The maximum atomic E-state index is 12.8. The summed E-state index contributed by atoms with van der Waals surface area (Å²) in [5.41, 5.74) is 4.70. The van der Waals surface area contributed by atoms with E-state index < -0.39 is 0 Å². The van der Waals surface area contributed by atoms with Gasteiger partial charge in [0, 0.05) is 23.8 Å². The van der Waals surface area contributed by atoms with Gasteiger partial charge in [-0.3, -0.25) is 4.79 Å². The van der Waals surface area contributed by atoms with E-state index in [4.69, 9.17) is 4.74 Å². The van der Waals surface area contributed by atoms with Crippen LogP contribution in [0.4, 0.5) is 0 Å². The van der Waals surface area contributed by atoms with Gasteiger partial charge in [-0.05, 0) is 85.9 Å². The molecule has 7 atom stereocenters. The molecule has 0 aromatic carbocycles. The summed E-state index contributed by atoms with van der Waals surface area (Å²) in [5, 5.41) is 0. The summed E-state index contributed by atoms with van der Waals surface area (Å²) in [5.74, 6) is 1.78. The summed E-state index contributed by atoms with van der Waals surface area (Å²) >= 11 is 0. The highest BCUT2D eigenvalue weighted by Gasteiger charge is 2.63. The summed E-state index contributed by atoms with van der Waals surface area (Å²) in [7, 11) is 0. The number of hydrogen-bond acceptors (Lipinski definition) is 3. The zero-order valence-corrected chi connectivity index (χ0v) is 22.0. The maximum Gasteiger partial charge on any atom is 0.333 e. The van der Waals surface area contributed by atoms with Crippen molar-refractivity contribution in [3.8, 4) is 0 Å². The molecule has 4 aliphatic carbocycles. The molecule has 0 spiro atoms. The Kier molecular flexibility index (Phi) is 5.18. The summed E-state index contributed by atoms with van der Waals surface area (Å²) < 4.78 is 5.91. The van der Waals surface area contributed by atoms with Gasteiger partial charge in [0.2, 0.25) is 0 Å². The van der Waals surface area contributed by atoms with Crippen LogP contribution in [0.3, 0.4) is 0 Å². The number of carbonyl (C=O) groups is 2. The van der Waals surface area contributed by atoms with Crippen LogP contribution in [-0.2, 0) is 14.3 Å². The largest absolute Gasteiger partial charge is 0.458 e. The number of carbonyl (C=O) groups excluding carboxylic acids is 2. The number of cyclic esters (lactones) is 1. The van der Waals surface area contributed by atoms with Crippen molar-refractivity contribution in [1.82, 2.24) is 0 Å². The Morgan fingerprint density at radius 3 is 2.36 bits per heavy atom. The molecule has 0 aromatic heterocycles. The van der Waals surface area contributed by atoms with Crippen LogP contribution in [0.25, 0.3) is 0 Å². The average Bonchev–Trinajstić information content (AvgIpc) is 3.04. The third-order valence-corrected chi connectivity index (χ3v) is 12.0. The van der Waals surface area contributed by atoms with E-state index in [0.29, 0.717) is 23.5 Å². The van der Waals surface area contributed by atoms with Gasteiger partial charge in [-0.15, -0.1) is 0 Å². The summed E-state index contributed by atoms with van der Waals surface area (Å²) in [4.78, 5) is 25.1. The Balaban J connectivity index is 1.48. The van der Waals surface area contributed by atoms with Gasteiger partial charge in [0.15, 0.2) is 0 Å². The summed E-state index contributed by atoms with van der Waals surface area (Å²) in [6.07, 6.45) is 11.9. The molecule has 5 aliphatic rings. The lowest BCUT2D eigenvalue weighted by molar-refractivity contribution is -0.150. The molecule has 182 valence electrons. The second-order valence-electron chi connectivity index (χ2n) is 13.4. The fourth-order valence-corrected chi connectivity index (χ4v) is 9.61. The predicted molar refractivity (Wildman–Crippen MR) is 131 cm³/mol. The third kappa shape index (κ3) is 2.99. The molecule has 0 radical (unpaired) electrons. The average molecular weight is 453 g/mol. The lowest BCUT2D eigenvalue weighted by atomic mass is 9.43. The second kappa shape index (κ2) is 7.31. The van der Waals surface area contributed by atoms with Crippen molar-refractivity contribution >= 4 is 11.8 Å². The normalized spacial score (nSPS) is 45.5. The first-order valence-electron chi connectivity index (χ1n) is 13.5. The monoisotopic (exact) mass is 452 g/mol. The lowest BCUT2D eigenvalue weighted by Gasteiger charge is -2.61. The molecule has 5 rings (SSSR count). The first-order valence-corrected chi connectivity index (χ1v) is 13.5. The van der Waals surface area contributed by atoms with Crippen LogP contribution >= 0.6 is 0 Å². The van der Waals surface area contributed by atoms with Crippen molar-refractivity contribution in [2.45, 2.75) is 112 Å². The zero-order valence-electron chi connectivity index (χ0n) is 22.0. The smallest absolute Gasteiger partial charge is 0.333 e. The van der Waals surface area contributed by atoms with Crippen molar-refractivity contribution in [2.24, 2.45) is 39.4 Å². The molecular weight excluding hydrogens is 408 g/mol. The van der Waals surface area contributed by atoms with E-state index in [1.54, 1.807) is 11.1 Å². The molecular formula is C30H44O3. The number of fused-ring (bicyclic) bond motifs is 4. The minimum Gasteiger partial charge on any atom is -0.458 e. The summed E-state index contributed by atoms with van der Waals surface area (Å²) in [6, 6.07) is 0. The van der Waals surface area contributed by atoms with Gasteiger partial charge in [-0.2, -0.15) is 0 Å². The molecule has 1 aliphatic heterocycles. The highest BCUT2D eigenvalue weighted by atomic mass is 16.5. The minimum absolute atomic E-state index is 0.0131. The van der Waals surface area contributed by atoms with Gasteiger partial charge in [-0.25, -0.2) is 4.79 Å². The first-order chi connectivity index (χ1) is 15.4. The van der Waals surface area contributed by atoms with Crippen LogP contribution in [0.1, 0.15) is 106 Å². The van der Waals surface area contributed by atoms with Gasteiger partial charge in [-0.1, -0.05) is 58.8 Å². The van der Waals surface area contributed by atoms with Crippen molar-refractivity contribution in [2.75, 3.05) is 0 Å². The number of allylic oxidation sites excluding steroid dienone is 2. The molecule has 0 amide bonds. The fraction of sp³-hybridized carbons (Fsp3) is 0.800. The third-order valence-electron chi connectivity index (χ3n) is 12.0. The van der Waals surface area contributed by atoms with Crippen LogP contribution in [0.2, 0.25) is 0 Å². The van der Waals surface area contributed by atoms with Crippen LogP contribution in [0.5, 0.6) is 0 Å². The Labute approximate surface area is 200 Å². The highest BCUT2D eigenvalue weighted by molar-refractivity contribution is 5.88. The Bertz CT molecular complexity index is 954. The number of ketones is 1. The van der Waals surface area contributed by atoms with E-state index in [-0.39, 0.29) is 33.7 Å². The van der Waals surface area contributed by atoms with E-state index in [0.717, 1.165) is 31.3 Å². The number of hydrogen-bond donors (Lipinski definition) is 0. The van der Waals surface area contributed by atoms with Gasteiger partial charge >= 0.3 is 5.97 Å². The first kappa shape index (κ1) is 23.4. The van der Waals surface area contributed by atoms with Crippen LogP contribution < -0.4 is 0 Å². The van der Waals surface area contributed by atoms with Crippen LogP contribution in [0.15, 0.2) is 22.8 Å². The topological polar surface area (TPSA) is 43.4 Å². The Hall–Kier alpha value is -1.38.